The summed E-state index contributed by atoms with van der Waals surface area (Å²) in [5, 5.41) is 42.6. The Kier molecular flexibility index (Phi) is 21.4. The molecule has 0 saturated carbocycles. The Bertz CT molecular complexity index is 955. The van der Waals surface area contributed by atoms with Gasteiger partial charge >= 0.3 is 29.8 Å². The summed E-state index contributed by atoms with van der Waals surface area (Å²) in [5.41, 5.74) is -0.552. The summed E-state index contributed by atoms with van der Waals surface area (Å²) in [4.78, 5) is 52.0. The Labute approximate surface area is 254 Å². The number of hydrogen-bond donors (Lipinski definition) is 5. The van der Waals surface area contributed by atoms with Crippen LogP contribution < -0.4 is 0 Å². The molecule has 5 N–H and O–H groups in total. The molecular weight excluding hydrogens is 564 g/mol. The maximum Gasteiger partial charge on any atom is 0.336 e. The number of ether oxygens (including phenoxy) is 2. The fraction of sp³-hybridized carbons (Fsp3) is 0.645. The molecule has 0 atom stereocenters. The van der Waals surface area contributed by atoms with Gasteiger partial charge in [0.05, 0.1) is 43.1 Å². The summed E-state index contributed by atoms with van der Waals surface area (Å²) in [6.07, 6.45) is 6.53. The van der Waals surface area contributed by atoms with Crippen LogP contribution in [0.5, 0.6) is 0 Å². The second kappa shape index (κ2) is 22.1. The third kappa shape index (κ3) is 32.9. The van der Waals surface area contributed by atoms with Crippen LogP contribution in [0.25, 0.3) is 0 Å². The average molecular weight is 615 g/mol. The molecular formula is C31H50O12. The van der Waals surface area contributed by atoms with Crippen molar-refractivity contribution in [3.05, 3.63) is 34.9 Å². The minimum Gasteiger partial charge on any atom is -0.481 e. The molecule has 0 aromatic heterocycles. The van der Waals surface area contributed by atoms with Gasteiger partial charge in [-0.1, -0.05) is 54.4 Å². The highest BCUT2D eigenvalue weighted by Gasteiger charge is 2.18. The van der Waals surface area contributed by atoms with Gasteiger partial charge < -0.3 is 35.0 Å². The molecule has 12 nitrogen and oxygen atoms in total. The fourth-order valence-electron chi connectivity index (χ4n) is 2.90. The number of rotatable bonds is 11. The van der Waals surface area contributed by atoms with Gasteiger partial charge in [0, 0.05) is 12.8 Å². The van der Waals surface area contributed by atoms with Gasteiger partial charge in [0.25, 0.3) is 0 Å². The first-order valence-electron chi connectivity index (χ1n) is 14.2. The Balaban J connectivity index is 0. The van der Waals surface area contributed by atoms with E-state index in [0.717, 1.165) is 83.2 Å². The Hall–Kier alpha value is -3.51. The molecule has 2 aliphatic heterocycles. The molecule has 2 fully saturated rings. The zero-order chi connectivity index (χ0) is 33.6. The smallest absolute Gasteiger partial charge is 0.336 e. The molecule has 1 aromatic carbocycles. The lowest BCUT2D eigenvalue weighted by Crippen LogP contribution is -2.10. The number of carbonyl (C=O) groups is 5. The van der Waals surface area contributed by atoms with Crippen molar-refractivity contribution >= 4 is 29.8 Å². The number of aromatic carboxylic acids is 3. The molecule has 0 radical (unpaired) electrons. The number of carboxylic acid groups (broad SMARTS) is 5. The summed E-state index contributed by atoms with van der Waals surface area (Å²) in [7, 11) is 0. The molecule has 0 amide bonds. The quantitative estimate of drug-likeness (QED) is 0.140. The van der Waals surface area contributed by atoms with E-state index in [4.69, 9.17) is 25.5 Å². The summed E-state index contributed by atoms with van der Waals surface area (Å²) < 4.78 is 9.00. The lowest BCUT2D eigenvalue weighted by Gasteiger charge is -2.16. The van der Waals surface area contributed by atoms with Crippen molar-refractivity contribution in [3.8, 4) is 0 Å². The first kappa shape index (κ1) is 41.6. The molecule has 12 heteroatoms. The molecule has 1 aromatic rings. The Morgan fingerprint density at radius 3 is 1.16 bits per heavy atom. The van der Waals surface area contributed by atoms with Gasteiger partial charge in [-0.25, -0.2) is 14.4 Å². The van der Waals surface area contributed by atoms with Crippen molar-refractivity contribution < 1.29 is 59.0 Å². The maximum absolute atomic E-state index is 10.6. The summed E-state index contributed by atoms with van der Waals surface area (Å²) in [6, 6.07) is 2.81. The van der Waals surface area contributed by atoms with Crippen LogP contribution in [0.2, 0.25) is 0 Å². The van der Waals surface area contributed by atoms with Gasteiger partial charge in [-0.3, -0.25) is 9.59 Å². The topological polar surface area (TPSA) is 212 Å². The zero-order valence-electron chi connectivity index (χ0n) is 26.3. The van der Waals surface area contributed by atoms with Gasteiger partial charge in [0.15, 0.2) is 0 Å². The van der Waals surface area contributed by atoms with Crippen LogP contribution in [0.1, 0.15) is 124 Å². The highest BCUT2D eigenvalue weighted by Crippen LogP contribution is 2.22. The Morgan fingerprint density at radius 1 is 0.581 bits per heavy atom. The second-order valence-electron chi connectivity index (χ2n) is 12.2. The zero-order valence-corrected chi connectivity index (χ0v) is 26.3. The van der Waals surface area contributed by atoms with E-state index in [1.807, 2.05) is 0 Å². The van der Waals surface area contributed by atoms with Gasteiger partial charge in [0.2, 0.25) is 0 Å². The maximum atomic E-state index is 10.6. The molecule has 2 heterocycles. The summed E-state index contributed by atoms with van der Waals surface area (Å²) in [6.45, 7) is 17.0. The molecule has 3 rings (SSSR count). The van der Waals surface area contributed by atoms with Crippen LogP contribution in [0, 0.1) is 10.8 Å². The van der Waals surface area contributed by atoms with E-state index < -0.39 is 41.0 Å². The van der Waals surface area contributed by atoms with E-state index in [1.54, 1.807) is 0 Å². The third-order valence-electron chi connectivity index (χ3n) is 5.27. The van der Waals surface area contributed by atoms with Gasteiger partial charge in [-0.05, 0) is 54.7 Å². The minimum atomic E-state index is -1.48. The molecule has 43 heavy (non-hydrogen) atoms. The van der Waals surface area contributed by atoms with Crippen LogP contribution in [-0.2, 0) is 19.1 Å². The van der Waals surface area contributed by atoms with E-state index >= 15 is 0 Å². The van der Waals surface area contributed by atoms with E-state index in [-0.39, 0.29) is 5.56 Å². The Morgan fingerprint density at radius 2 is 0.930 bits per heavy atom. The van der Waals surface area contributed by atoms with E-state index in [0.29, 0.717) is 23.7 Å². The number of benzene rings is 1. The standard InChI is InChI=1S/C9H6O6.2C9H18O2.2C2H4O/c10-7(11)4-1-2-5(8(12)13)6(3-4)9(14)15;2*1-9(2,3)7-5-4-6-8(10)11;2*1-2-3-1/h1-3H,(H,10,11)(H,12,13)(H,14,15);2*4-7H2,1-3H3,(H,10,11);2*1-2H2. The SMILES string of the molecule is C1CO1.C1CO1.CC(C)(C)CCCCC(=O)O.CC(C)(C)CCCCC(=O)O.O=C(O)c1ccc(C(=O)O)c(C(=O)O)c1. The van der Waals surface area contributed by atoms with Gasteiger partial charge in [0.1, 0.15) is 0 Å². The van der Waals surface area contributed by atoms with Crippen LogP contribution in [0.3, 0.4) is 0 Å². The van der Waals surface area contributed by atoms with Crippen LogP contribution in [0.4, 0.5) is 0 Å². The van der Waals surface area contributed by atoms with Crippen LogP contribution in [0.15, 0.2) is 18.2 Å². The van der Waals surface area contributed by atoms with Crippen molar-refractivity contribution in [2.75, 3.05) is 26.4 Å². The third-order valence-corrected chi connectivity index (χ3v) is 5.27. The lowest BCUT2D eigenvalue weighted by molar-refractivity contribution is -0.138. The molecule has 0 spiro atoms. The van der Waals surface area contributed by atoms with Crippen LogP contribution >= 0.6 is 0 Å². The fourth-order valence-corrected chi connectivity index (χ4v) is 2.90. The number of carboxylic acids is 5. The summed E-state index contributed by atoms with van der Waals surface area (Å²) >= 11 is 0. The number of unbranched alkanes of at least 4 members (excludes halogenated alkanes) is 2. The number of aliphatic carboxylic acids is 2. The van der Waals surface area contributed by atoms with E-state index in [1.165, 1.54) is 0 Å². The molecule has 2 saturated heterocycles. The van der Waals surface area contributed by atoms with Gasteiger partial charge in [-0.2, -0.15) is 0 Å². The minimum absolute atomic E-state index is 0.266. The van der Waals surface area contributed by atoms with Crippen LogP contribution in [-0.4, -0.2) is 81.8 Å². The first-order valence-corrected chi connectivity index (χ1v) is 14.2. The largest absolute Gasteiger partial charge is 0.481 e. The highest BCUT2D eigenvalue weighted by molar-refractivity contribution is 6.03. The first-order chi connectivity index (χ1) is 19.8. The van der Waals surface area contributed by atoms with E-state index in [2.05, 4.69) is 51.0 Å². The monoisotopic (exact) mass is 614 g/mol. The lowest BCUT2D eigenvalue weighted by atomic mass is 9.89. The molecule has 0 unspecified atom stereocenters. The van der Waals surface area contributed by atoms with Crippen molar-refractivity contribution in [1.82, 2.24) is 0 Å². The van der Waals surface area contributed by atoms with Crippen molar-refractivity contribution in [3.63, 3.8) is 0 Å². The predicted molar refractivity (Wildman–Crippen MR) is 160 cm³/mol. The summed E-state index contributed by atoms with van der Waals surface area (Å²) in [5.74, 6) is -5.56. The van der Waals surface area contributed by atoms with Crippen molar-refractivity contribution in [2.24, 2.45) is 10.8 Å². The number of epoxide rings is 2. The van der Waals surface area contributed by atoms with Crippen molar-refractivity contribution in [2.45, 2.75) is 92.9 Å². The highest BCUT2D eigenvalue weighted by atomic mass is 16.6. The molecule has 0 aliphatic carbocycles. The normalized spacial score (nSPS) is 12.6. The van der Waals surface area contributed by atoms with Crippen molar-refractivity contribution in [1.29, 1.82) is 0 Å². The van der Waals surface area contributed by atoms with E-state index in [9.17, 15) is 24.0 Å². The molecule has 0 bridgehead atoms. The predicted octanol–water partition coefficient (Wildman–Crippen LogP) is 6.17. The van der Waals surface area contributed by atoms with Gasteiger partial charge in [-0.15, -0.1) is 0 Å². The number of hydrogen-bond acceptors (Lipinski definition) is 7. The molecule has 2 aliphatic rings. The molecule has 246 valence electrons. The average Bonchev–Trinajstić information content (AvgIpc) is 3.75. The second-order valence-corrected chi connectivity index (χ2v) is 12.2.